The number of carbonyl (C=O) groups excluding carboxylic acids is 1. The van der Waals surface area contributed by atoms with Crippen LogP contribution in [0.1, 0.15) is 11.1 Å². The summed E-state index contributed by atoms with van der Waals surface area (Å²) in [5.74, 6) is -0.588. The molecule has 2 rings (SSSR count). The number of carbonyl (C=O) groups is 1. The quantitative estimate of drug-likeness (QED) is 0.615. The Hall–Kier alpha value is -2.64. The fraction of sp³-hybridized carbons (Fsp3) is 0.118. The van der Waals surface area contributed by atoms with Crippen molar-refractivity contribution in [2.75, 3.05) is 11.3 Å². The van der Waals surface area contributed by atoms with Gasteiger partial charge in [0.05, 0.1) is 17.1 Å². The molecular formula is C17H18N2O4S. The van der Waals surface area contributed by atoms with Gasteiger partial charge in [0, 0.05) is 17.9 Å². The van der Waals surface area contributed by atoms with Crippen molar-refractivity contribution >= 4 is 27.5 Å². The summed E-state index contributed by atoms with van der Waals surface area (Å²) in [6.45, 7) is 0.0881. The van der Waals surface area contributed by atoms with Crippen molar-refractivity contribution in [2.24, 2.45) is 5.73 Å². The maximum atomic E-state index is 11.6. The highest BCUT2D eigenvalue weighted by Gasteiger charge is 2.11. The SMILES string of the molecule is CS(=O)(=O)c1cccc(CN(O)c2ccccc2/C=C/C(N)=O)c1. The minimum Gasteiger partial charge on any atom is -0.366 e. The molecule has 0 radical (unpaired) electrons. The third kappa shape index (κ3) is 4.68. The number of primary amides is 1. The first-order chi connectivity index (χ1) is 11.3. The first-order valence-corrected chi connectivity index (χ1v) is 8.98. The van der Waals surface area contributed by atoms with Crippen LogP contribution in [0.5, 0.6) is 0 Å². The highest BCUT2D eigenvalue weighted by atomic mass is 32.2. The van der Waals surface area contributed by atoms with Gasteiger partial charge in [-0.05, 0) is 29.8 Å². The van der Waals surface area contributed by atoms with Gasteiger partial charge in [0.1, 0.15) is 0 Å². The molecule has 0 saturated carbocycles. The summed E-state index contributed by atoms with van der Waals surface area (Å²) in [6.07, 6.45) is 3.84. The number of anilines is 1. The van der Waals surface area contributed by atoms with Gasteiger partial charge in [0.25, 0.3) is 0 Å². The standard InChI is InChI=1S/C17H18N2O4S/c1-24(22,23)15-7-4-5-13(11-15)12-19(21)16-8-3-2-6-14(16)9-10-17(18)20/h2-11,21H,12H2,1H3,(H2,18,20)/b10-9+. The van der Waals surface area contributed by atoms with Crippen LogP contribution in [-0.4, -0.2) is 25.8 Å². The van der Waals surface area contributed by atoms with E-state index in [0.29, 0.717) is 16.8 Å². The molecule has 24 heavy (non-hydrogen) atoms. The summed E-state index contributed by atoms with van der Waals surface area (Å²) in [5.41, 5.74) is 6.80. The molecule has 0 aliphatic heterocycles. The van der Waals surface area contributed by atoms with Crippen LogP contribution in [0.15, 0.2) is 59.5 Å². The Morgan fingerprint density at radius 3 is 2.58 bits per heavy atom. The van der Waals surface area contributed by atoms with E-state index < -0.39 is 15.7 Å². The number of benzene rings is 2. The van der Waals surface area contributed by atoms with Crippen LogP contribution >= 0.6 is 0 Å². The normalized spacial score (nSPS) is 11.6. The van der Waals surface area contributed by atoms with Crippen molar-refractivity contribution in [1.82, 2.24) is 0 Å². The van der Waals surface area contributed by atoms with E-state index in [9.17, 15) is 18.4 Å². The molecule has 0 heterocycles. The Kier molecular flexibility index (Phi) is 5.38. The average molecular weight is 346 g/mol. The van der Waals surface area contributed by atoms with E-state index >= 15 is 0 Å². The number of hydroxylamine groups is 1. The molecule has 126 valence electrons. The number of hydrogen-bond acceptors (Lipinski definition) is 5. The number of nitrogens with zero attached hydrogens (tertiary/aromatic N) is 1. The van der Waals surface area contributed by atoms with Crippen LogP contribution in [0.3, 0.4) is 0 Å². The Morgan fingerprint density at radius 1 is 1.21 bits per heavy atom. The molecule has 2 aromatic carbocycles. The van der Waals surface area contributed by atoms with Crippen molar-refractivity contribution in [1.29, 1.82) is 0 Å². The van der Waals surface area contributed by atoms with Gasteiger partial charge in [-0.25, -0.2) is 8.42 Å². The molecule has 0 spiro atoms. The number of hydrogen-bond donors (Lipinski definition) is 2. The third-order valence-corrected chi connectivity index (χ3v) is 4.41. The number of amides is 1. The molecule has 0 atom stereocenters. The molecule has 0 unspecified atom stereocenters. The van der Waals surface area contributed by atoms with Gasteiger partial charge in [0.15, 0.2) is 9.84 Å². The molecule has 7 heteroatoms. The van der Waals surface area contributed by atoms with E-state index in [1.165, 1.54) is 24.3 Å². The van der Waals surface area contributed by atoms with Crippen LogP contribution in [0.2, 0.25) is 0 Å². The lowest BCUT2D eigenvalue weighted by molar-refractivity contribution is -0.113. The van der Waals surface area contributed by atoms with Crippen LogP contribution in [0.4, 0.5) is 5.69 Å². The summed E-state index contributed by atoms with van der Waals surface area (Å²) >= 11 is 0. The predicted molar refractivity (Wildman–Crippen MR) is 92.2 cm³/mol. The molecule has 0 aromatic heterocycles. The second kappa shape index (κ2) is 7.29. The first-order valence-electron chi connectivity index (χ1n) is 7.09. The van der Waals surface area contributed by atoms with E-state index in [1.807, 2.05) is 0 Å². The van der Waals surface area contributed by atoms with E-state index in [0.717, 1.165) is 11.3 Å². The van der Waals surface area contributed by atoms with Gasteiger partial charge in [-0.1, -0.05) is 30.3 Å². The van der Waals surface area contributed by atoms with E-state index in [4.69, 9.17) is 5.73 Å². The topological polar surface area (TPSA) is 101 Å². The highest BCUT2D eigenvalue weighted by molar-refractivity contribution is 7.90. The summed E-state index contributed by atoms with van der Waals surface area (Å²) in [4.78, 5) is 11.1. The van der Waals surface area contributed by atoms with Gasteiger partial charge in [0.2, 0.25) is 5.91 Å². The van der Waals surface area contributed by atoms with Crippen LogP contribution in [0, 0.1) is 0 Å². The molecule has 3 N–H and O–H groups in total. The van der Waals surface area contributed by atoms with Gasteiger partial charge in [-0.15, -0.1) is 0 Å². The summed E-state index contributed by atoms with van der Waals surface area (Å²) < 4.78 is 23.2. The molecule has 0 fully saturated rings. The lowest BCUT2D eigenvalue weighted by atomic mass is 10.1. The van der Waals surface area contributed by atoms with Crippen LogP contribution < -0.4 is 10.8 Å². The van der Waals surface area contributed by atoms with Gasteiger partial charge < -0.3 is 5.73 Å². The second-order valence-electron chi connectivity index (χ2n) is 5.27. The minimum absolute atomic E-state index is 0.0881. The lowest BCUT2D eigenvalue weighted by Gasteiger charge is -2.19. The van der Waals surface area contributed by atoms with E-state index in [2.05, 4.69) is 0 Å². The van der Waals surface area contributed by atoms with Gasteiger partial charge >= 0.3 is 0 Å². The molecule has 0 aliphatic rings. The fourth-order valence-electron chi connectivity index (χ4n) is 2.17. The van der Waals surface area contributed by atoms with E-state index in [-0.39, 0.29) is 11.4 Å². The predicted octanol–water partition coefficient (Wildman–Crippen LogP) is 1.98. The minimum atomic E-state index is -3.31. The summed E-state index contributed by atoms with van der Waals surface area (Å²) in [5, 5.41) is 11.3. The van der Waals surface area contributed by atoms with Crippen LogP contribution in [0.25, 0.3) is 6.08 Å². The van der Waals surface area contributed by atoms with Crippen LogP contribution in [-0.2, 0) is 21.2 Å². The zero-order valence-electron chi connectivity index (χ0n) is 13.1. The summed E-state index contributed by atoms with van der Waals surface area (Å²) in [6, 6.07) is 13.3. The molecular weight excluding hydrogens is 328 g/mol. The Bertz CT molecular complexity index is 876. The average Bonchev–Trinajstić information content (AvgIpc) is 2.52. The van der Waals surface area contributed by atoms with Crippen molar-refractivity contribution in [3.8, 4) is 0 Å². The molecule has 0 saturated heterocycles. The Morgan fingerprint density at radius 2 is 1.92 bits per heavy atom. The zero-order valence-corrected chi connectivity index (χ0v) is 13.9. The first kappa shape index (κ1) is 17.7. The number of para-hydroxylation sites is 1. The monoisotopic (exact) mass is 346 g/mol. The van der Waals surface area contributed by atoms with Crippen molar-refractivity contribution in [3.63, 3.8) is 0 Å². The largest absolute Gasteiger partial charge is 0.366 e. The number of sulfone groups is 1. The molecule has 0 bridgehead atoms. The van der Waals surface area contributed by atoms with Crippen molar-refractivity contribution < 1.29 is 18.4 Å². The zero-order chi connectivity index (χ0) is 17.7. The number of rotatable bonds is 6. The van der Waals surface area contributed by atoms with Gasteiger partial charge in [-0.2, -0.15) is 0 Å². The van der Waals surface area contributed by atoms with Crippen molar-refractivity contribution in [3.05, 3.63) is 65.7 Å². The fourth-order valence-corrected chi connectivity index (χ4v) is 2.86. The van der Waals surface area contributed by atoms with Crippen molar-refractivity contribution in [2.45, 2.75) is 11.4 Å². The number of nitrogens with two attached hydrogens (primary N) is 1. The molecule has 6 nitrogen and oxygen atoms in total. The lowest BCUT2D eigenvalue weighted by Crippen LogP contribution is -2.18. The van der Waals surface area contributed by atoms with Gasteiger partial charge in [-0.3, -0.25) is 15.1 Å². The maximum Gasteiger partial charge on any atom is 0.241 e. The van der Waals surface area contributed by atoms with E-state index in [1.54, 1.807) is 36.4 Å². The molecule has 1 amide bonds. The smallest absolute Gasteiger partial charge is 0.241 e. The molecule has 2 aromatic rings. The Balaban J connectivity index is 2.28. The highest BCUT2D eigenvalue weighted by Crippen LogP contribution is 2.23. The Labute approximate surface area is 140 Å². The maximum absolute atomic E-state index is 11.6. The summed E-state index contributed by atoms with van der Waals surface area (Å²) in [7, 11) is -3.31. The molecule has 0 aliphatic carbocycles. The third-order valence-electron chi connectivity index (χ3n) is 3.30. The second-order valence-corrected chi connectivity index (χ2v) is 7.29.